The van der Waals surface area contributed by atoms with E-state index in [1.54, 1.807) is 12.1 Å². The molecule has 3 rings (SSSR count). The molecule has 1 aromatic heterocycles. The molecule has 0 atom stereocenters. The fourth-order valence-corrected chi connectivity index (χ4v) is 1.99. The number of para-hydroxylation sites is 1. The third-order valence-corrected chi connectivity index (χ3v) is 2.97. The van der Waals surface area contributed by atoms with Gasteiger partial charge in [-0.15, -0.1) is 0 Å². The molecule has 2 aromatic carbocycles. The molecular weight excluding hydrogens is 481 g/mol. The Hall–Kier alpha value is -1.38. The van der Waals surface area contributed by atoms with Crippen molar-refractivity contribution in [2.24, 2.45) is 0 Å². The number of benzene rings is 2. The molecule has 1 radical (unpaired) electrons. The van der Waals surface area contributed by atoms with Crippen LogP contribution in [0.25, 0.3) is 10.9 Å². The van der Waals surface area contributed by atoms with E-state index < -0.39 is 0 Å². The SMILES string of the molecule is COc1cc2ncnc(Nc3ccccc3)c2cc1O.[Ac]. The Balaban J connectivity index is 0.00000161. The molecule has 0 saturated heterocycles. The number of anilines is 2. The molecule has 0 saturated carbocycles. The average molecular weight is 494 g/mol. The second-order valence-corrected chi connectivity index (χ2v) is 4.25. The molecule has 5 nitrogen and oxygen atoms in total. The third-order valence-electron chi connectivity index (χ3n) is 2.97. The van der Waals surface area contributed by atoms with Crippen LogP contribution >= 0.6 is 0 Å². The van der Waals surface area contributed by atoms with Crippen molar-refractivity contribution in [3.63, 3.8) is 0 Å². The minimum absolute atomic E-state index is 0. The quantitative estimate of drug-likeness (QED) is 0.586. The fraction of sp³-hybridized carbons (Fsp3) is 0.0667. The smallest absolute Gasteiger partial charge is 0.162 e. The van der Waals surface area contributed by atoms with Crippen molar-refractivity contribution in [2.75, 3.05) is 12.4 Å². The van der Waals surface area contributed by atoms with Crippen molar-refractivity contribution in [3.8, 4) is 11.5 Å². The van der Waals surface area contributed by atoms with E-state index >= 15 is 0 Å². The van der Waals surface area contributed by atoms with Gasteiger partial charge in [0.25, 0.3) is 0 Å². The van der Waals surface area contributed by atoms with E-state index in [1.807, 2.05) is 30.3 Å². The molecule has 103 valence electrons. The normalized spacial score (nSPS) is 9.95. The predicted molar refractivity (Wildman–Crippen MR) is 77.5 cm³/mol. The number of phenols is 1. The van der Waals surface area contributed by atoms with E-state index in [0.717, 1.165) is 11.1 Å². The van der Waals surface area contributed by atoms with E-state index in [4.69, 9.17) is 4.74 Å². The summed E-state index contributed by atoms with van der Waals surface area (Å²) in [5.74, 6) is 1.09. The summed E-state index contributed by atoms with van der Waals surface area (Å²) < 4.78 is 5.08. The Morgan fingerprint density at radius 2 is 1.86 bits per heavy atom. The number of aromatic hydroxyl groups is 1. The van der Waals surface area contributed by atoms with Crippen molar-refractivity contribution >= 4 is 22.4 Å². The van der Waals surface area contributed by atoms with Crippen LogP contribution < -0.4 is 10.1 Å². The van der Waals surface area contributed by atoms with Gasteiger partial charge in [-0.1, -0.05) is 18.2 Å². The zero-order chi connectivity index (χ0) is 13.9. The monoisotopic (exact) mass is 494 g/mol. The first kappa shape index (κ1) is 16.0. The maximum absolute atomic E-state index is 9.89. The van der Waals surface area contributed by atoms with Gasteiger partial charge >= 0.3 is 0 Å². The van der Waals surface area contributed by atoms with Gasteiger partial charge in [-0.3, -0.25) is 0 Å². The summed E-state index contributed by atoms with van der Waals surface area (Å²) in [4.78, 5) is 8.42. The largest absolute Gasteiger partial charge is 0.504 e. The first-order valence-electron chi connectivity index (χ1n) is 6.11. The summed E-state index contributed by atoms with van der Waals surface area (Å²) in [7, 11) is 1.51. The number of fused-ring (bicyclic) bond motifs is 1. The van der Waals surface area contributed by atoms with E-state index in [-0.39, 0.29) is 49.8 Å². The van der Waals surface area contributed by atoms with Crippen LogP contribution in [-0.2, 0) is 0 Å². The molecule has 0 aliphatic heterocycles. The van der Waals surface area contributed by atoms with Gasteiger partial charge in [0.15, 0.2) is 11.5 Å². The average Bonchev–Trinajstić information content (AvgIpc) is 2.48. The van der Waals surface area contributed by atoms with E-state index in [0.29, 0.717) is 17.1 Å². The first-order valence-corrected chi connectivity index (χ1v) is 6.11. The second kappa shape index (κ2) is 7.06. The molecule has 0 spiro atoms. The van der Waals surface area contributed by atoms with Gasteiger partial charge in [0.05, 0.1) is 12.6 Å². The van der Waals surface area contributed by atoms with Gasteiger partial charge in [-0.05, 0) is 18.2 Å². The number of nitrogens with one attached hydrogen (secondary N) is 1. The van der Waals surface area contributed by atoms with Gasteiger partial charge in [0.2, 0.25) is 0 Å². The number of ether oxygens (including phenoxy) is 1. The topological polar surface area (TPSA) is 67.3 Å². The van der Waals surface area contributed by atoms with Crippen molar-refractivity contribution in [1.82, 2.24) is 9.97 Å². The van der Waals surface area contributed by atoms with Gasteiger partial charge in [-0.2, -0.15) is 0 Å². The molecule has 1 heterocycles. The molecule has 0 bridgehead atoms. The summed E-state index contributed by atoms with van der Waals surface area (Å²) in [6.45, 7) is 0. The summed E-state index contributed by atoms with van der Waals surface area (Å²) in [5.41, 5.74) is 1.62. The van der Waals surface area contributed by atoms with Crippen LogP contribution in [0.4, 0.5) is 11.5 Å². The van der Waals surface area contributed by atoms with Crippen LogP contribution in [0, 0.1) is 44.1 Å². The second-order valence-electron chi connectivity index (χ2n) is 4.25. The zero-order valence-electron chi connectivity index (χ0n) is 11.4. The zero-order valence-corrected chi connectivity index (χ0v) is 16.2. The molecule has 0 amide bonds. The van der Waals surface area contributed by atoms with Gasteiger partial charge in [0.1, 0.15) is 12.1 Å². The molecular formula is C15H13AcN3O2. The Bertz CT molecular complexity index is 750. The van der Waals surface area contributed by atoms with Gasteiger partial charge in [-0.25, -0.2) is 9.97 Å². The Morgan fingerprint density at radius 1 is 1.10 bits per heavy atom. The van der Waals surface area contributed by atoms with Crippen molar-refractivity contribution in [1.29, 1.82) is 0 Å². The van der Waals surface area contributed by atoms with Crippen molar-refractivity contribution in [3.05, 3.63) is 48.8 Å². The molecule has 6 heteroatoms. The van der Waals surface area contributed by atoms with Crippen LogP contribution in [0.15, 0.2) is 48.8 Å². The maximum Gasteiger partial charge on any atom is 0.162 e. The number of aromatic nitrogens is 2. The fourth-order valence-electron chi connectivity index (χ4n) is 1.99. The van der Waals surface area contributed by atoms with Crippen LogP contribution in [0.3, 0.4) is 0 Å². The minimum atomic E-state index is 0. The summed E-state index contributed by atoms with van der Waals surface area (Å²) in [5, 5.41) is 13.8. The van der Waals surface area contributed by atoms with E-state index in [1.165, 1.54) is 13.4 Å². The van der Waals surface area contributed by atoms with Gasteiger partial charge < -0.3 is 15.2 Å². The summed E-state index contributed by atoms with van der Waals surface area (Å²) in [6, 6.07) is 13.0. The molecule has 0 fully saturated rings. The Labute approximate surface area is 157 Å². The number of phenolic OH excluding ortho intramolecular Hbond substituents is 1. The van der Waals surface area contributed by atoms with Crippen LogP contribution in [0.1, 0.15) is 0 Å². The molecule has 3 aromatic rings. The number of hydrogen-bond donors (Lipinski definition) is 2. The van der Waals surface area contributed by atoms with E-state index in [2.05, 4.69) is 15.3 Å². The van der Waals surface area contributed by atoms with Crippen LogP contribution in [0.5, 0.6) is 11.5 Å². The minimum Gasteiger partial charge on any atom is -0.504 e. The van der Waals surface area contributed by atoms with Crippen molar-refractivity contribution in [2.45, 2.75) is 0 Å². The molecule has 21 heavy (non-hydrogen) atoms. The first-order chi connectivity index (χ1) is 9.78. The molecule has 0 unspecified atom stereocenters. The standard InChI is InChI=1S/C15H13N3O2.Ac/c1-20-14-8-12-11(7-13(14)19)15(17-9-16-12)18-10-5-3-2-4-6-10;/h2-9,19H,1H3,(H,16,17,18);. The third kappa shape index (κ3) is 3.45. The van der Waals surface area contributed by atoms with Gasteiger partial charge in [0, 0.05) is 61.2 Å². The number of methoxy groups -OCH3 is 1. The summed E-state index contributed by atoms with van der Waals surface area (Å²) >= 11 is 0. The predicted octanol–water partition coefficient (Wildman–Crippen LogP) is 3.09. The number of rotatable bonds is 3. The van der Waals surface area contributed by atoms with E-state index in [9.17, 15) is 5.11 Å². The Morgan fingerprint density at radius 3 is 2.57 bits per heavy atom. The summed E-state index contributed by atoms with van der Waals surface area (Å²) in [6.07, 6.45) is 1.48. The molecule has 2 N–H and O–H groups in total. The maximum atomic E-state index is 9.89. The molecule has 0 aliphatic carbocycles. The number of nitrogens with zero attached hydrogens (tertiary/aromatic N) is 2. The Kier molecular flexibility index (Phi) is 5.38. The van der Waals surface area contributed by atoms with Crippen LogP contribution in [-0.4, -0.2) is 22.2 Å². The van der Waals surface area contributed by atoms with Crippen LogP contribution in [0.2, 0.25) is 0 Å². The molecule has 0 aliphatic rings. The number of hydrogen-bond acceptors (Lipinski definition) is 5. The van der Waals surface area contributed by atoms with Crippen molar-refractivity contribution < 1.29 is 53.9 Å².